The minimum Gasteiger partial charge on any atom is -0.396 e. The van der Waals surface area contributed by atoms with Crippen LogP contribution < -0.4 is 0 Å². The first-order valence-electron chi connectivity index (χ1n) is 4.12. The van der Waals surface area contributed by atoms with Crippen LogP contribution in [0.4, 0.5) is 5.82 Å². The number of hydrogen-bond donors (Lipinski definition) is 1. The summed E-state index contributed by atoms with van der Waals surface area (Å²) in [6, 6.07) is 2.96. The van der Waals surface area contributed by atoms with Gasteiger partial charge in [0, 0.05) is 18.2 Å². The van der Waals surface area contributed by atoms with Crippen LogP contribution in [0.1, 0.15) is 12.0 Å². The van der Waals surface area contributed by atoms with Crippen molar-refractivity contribution in [2.24, 2.45) is 0 Å². The van der Waals surface area contributed by atoms with Gasteiger partial charge in [0.15, 0.2) is 0 Å². The molecule has 0 atom stereocenters. The Hall–Kier alpha value is -1.75. The summed E-state index contributed by atoms with van der Waals surface area (Å²) in [5.41, 5.74) is 0.782. The molecule has 0 unspecified atom stereocenters. The van der Waals surface area contributed by atoms with E-state index >= 15 is 0 Å². The smallest absolute Gasteiger partial charge is 0.363 e. The van der Waals surface area contributed by atoms with Gasteiger partial charge >= 0.3 is 5.82 Å². The van der Waals surface area contributed by atoms with E-state index < -0.39 is 4.92 Å². The van der Waals surface area contributed by atoms with Crippen LogP contribution in [0, 0.1) is 10.1 Å². The second kappa shape index (κ2) is 5.08. The van der Waals surface area contributed by atoms with Crippen molar-refractivity contribution in [3.63, 3.8) is 0 Å². The highest BCUT2D eigenvalue weighted by Crippen LogP contribution is 2.08. The normalized spacial score (nSPS) is 10.6. The third-order valence-electron chi connectivity index (χ3n) is 1.56. The molecule has 1 aromatic rings. The van der Waals surface area contributed by atoms with Gasteiger partial charge in [0.05, 0.1) is 0 Å². The zero-order chi connectivity index (χ0) is 10.4. The monoisotopic (exact) mass is 194 g/mol. The summed E-state index contributed by atoms with van der Waals surface area (Å²) in [5, 5.41) is 18.8. The second-order valence-electron chi connectivity index (χ2n) is 2.62. The molecule has 0 amide bonds. The molecule has 0 saturated heterocycles. The minimum absolute atomic E-state index is 0.0942. The Morgan fingerprint density at radius 1 is 1.57 bits per heavy atom. The molecule has 0 aliphatic heterocycles. The van der Waals surface area contributed by atoms with Crippen LogP contribution in [0.5, 0.6) is 0 Å². The molecule has 0 aliphatic rings. The number of nitrogens with zero attached hydrogens (tertiary/aromatic N) is 2. The van der Waals surface area contributed by atoms with Gasteiger partial charge in [-0.2, -0.15) is 0 Å². The molecule has 0 radical (unpaired) electrons. The molecule has 1 N–H and O–H groups in total. The van der Waals surface area contributed by atoms with E-state index in [1.165, 1.54) is 12.3 Å². The Bertz CT molecular complexity index is 332. The van der Waals surface area contributed by atoms with E-state index in [-0.39, 0.29) is 12.4 Å². The summed E-state index contributed by atoms with van der Waals surface area (Å²) in [6.07, 6.45) is 5.53. The molecule has 74 valence electrons. The van der Waals surface area contributed by atoms with E-state index in [1.807, 2.05) is 0 Å². The average molecular weight is 194 g/mol. The average Bonchev–Trinajstić information content (AvgIpc) is 2.19. The Morgan fingerprint density at radius 3 is 2.86 bits per heavy atom. The Balaban J connectivity index is 2.68. The molecule has 1 aromatic heterocycles. The predicted molar refractivity (Wildman–Crippen MR) is 51.6 cm³/mol. The summed E-state index contributed by atoms with van der Waals surface area (Å²) < 4.78 is 0. The molecule has 0 aliphatic carbocycles. The van der Waals surface area contributed by atoms with E-state index in [0.717, 1.165) is 5.56 Å². The highest BCUT2D eigenvalue weighted by atomic mass is 16.6. The summed E-state index contributed by atoms with van der Waals surface area (Å²) in [6.45, 7) is 0.0942. The van der Waals surface area contributed by atoms with Gasteiger partial charge in [0.1, 0.15) is 6.20 Å². The molecule has 0 spiro atoms. The van der Waals surface area contributed by atoms with E-state index in [2.05, 4.69) is 4.98 Å². The first kappa shape index (κ1) is 10.3. The third kappa shape index (κ3) is 2.95. The molecule has 0 aromatic carbocycles. The van der Waals surface area contributed by atoms with Gasteiger partial charge in [0.25, 0.3) is 0 Å². The van der Waals surface area contributed by atoms with Crippen molar-refractivity contribution in [2.45, 2.75) is 6.42 Å². The molecular formula is C9H10N2O3. The van der Waals surface area contributed by atoms with Gasteiger partial charge in [0.2, 0.25) is 0 Å². The van der Waals surface area contributed by atoms with Crippen LogP contribution in [0.25, 0.3) is 6.08 Å². The molecule has 5 heteroatoms. The highest BCUT2D eigenvalue weighted by Gasteiger charge is 2.03. The fraction of sp³-hybridized carbons (Fsp3) is 0.222. The molecule has 1 heterocycles. The third-order valence-corrected chi connectivity index (χ3v) is 1.56. The number of aliphatic hydroxyl groups is 1. The summed E-state index contributed by atoms with van der Waals surface area (Å²) in [5.74, 6) is -0.163. The van der Waals surface area contributed by atoms with Gasteiger partial charge < -0.3 is 15.2 Å². The maximum absolute atomic E-state index is 10.3. The standard InChI is InChI=1S/C9H10N2O3/c12-6-2-1-3-8-4-5-9(10-7-8)11(13)14/h1,3-5,7,12H,2,6H2. The fourth-order valence-electron chi connectivity index (χ4n) is 0.898. The number of hydrogen-bond acceptors (Lipinski definition) is 4. The van der Waals surface area contributed by atoms with Crippen molar-refractivity contribution < 1.29 is 10.0 Å². The molecule has 0 bridgehead atoms. The summed E-state index contributed by atoms with van der Waals surface area (Å²) in [4.78, 5) is 13.4. The lowest BCUT2D eigenvalue weighted by Gasteiger charge is -1.91. The quantitative estimate of drug-likeness (QED) is 0.580. The molecule has 14 heavy (non-hydrogen) atoms. The predicted octanol–water partition coefficient (Wildman–Crippen LogP) is 1.39. The van der Waals surface area contributed by atoms with E-state index in [4.69, 9.17) is 5.11 Å². The van der Waals surface area contributed by atoms with Gasteiger partial charge in [-0.25, -0.2) is 0 Å². The van der Waals surface area contributed by atoms with E-state index in [1.54, 1.807) is 18.2 Å². The molecule has 0 saturated carbocycles. The van der Waals surface area contributed by atoms with Gasteiger partial charge in [-0.05, 0) is 22.4 Å². The van der Waals surface area contributed by atoms with E-state index in [0.29, 0.717) is 6.42 Å². The van der Waals surface area contributed by atoms with Crippen LogP contribution in [0.2, 0.25) is 0 Å². The van der Waals surface area contributed by atoms with Gasteiger partial charge in [-0.1, -0.05) is 12.2 Å². The number of pyridine rings is 1. The van der Waals surface area contributed by atoms with Crippen molar-refractivity contribution in [2.75, 3.05) is 6.61 Å². The van der Waals surface area contributed by atoms with Crippen LogP contribution in [0.3, 0.4) is 0 Å². The lowest BCUT2D eigenvalue weighted by Crippen LogP contribution is -1.90. The SMILES string of the molecule is O=[N+]([O-])c1ccc(C=CCCO)cn1. The zero-order valence-electron chi connectivity index (χ0n) is 7.46. The summed E-state index contributed by atoms with van der Waals surface area (Å²) in [7, 11) is 0. The number of aliphatic hydroxyl groups excluding tert-OH is 1. The van der Waals surface area contributed by atoms with Gasteiger partial charge in [-0.3, -0.25) is 0 Å². The molecular weight excluding hydrogens is 184 g/mol. The second-order valence-corrected chi connectivity index (χ2v) is 2.62. The highest BCUT2D eigenvalue weighted by molar-refractivity contribution is 5.48. The minimum atomic E-state index is -0.540. The van der Waals surface area contributed by atoms with E-state index in [9.17, 15) is 10.1 Å². The van der Waals surface area contributed by atoms with Gasteiger partial charge in [-0.15, -0.1) is 0 Å². The molecule has 1 rings (SSSR count). The Labute approximate surface area is 80.9 Å². The van der Waals surface area contributed by atoms with Crippen LogP contribution in [-0.4, -0.2) is 21.6 Å². The van der Waals surface area contributed by atoms with Crippen molar-refractivity contribution in [3.8, 4) is 0 Å². The lowest BCUT2D eigenvalue weighted by atomic mass is 10.2. The first-order chi connectivity index (χ1) is 6.74. The van der Waals surface area contributed by atoms with Crippen molar-refractivity contribution in [3.05, 3.63) is 40.1 Å². The van der Waals surface area contributed by atoms with Crippen molar-refractivity contribution >= 4 is 11.9 Å². The fourth-order valence-corrected chi connectivity index (χ4v) is 0.898. The number of aromatic nitrogens is 1. The largest absolute Gasteiger partial charge is 0.396 e. The molecule has 5 nitrogen and oxygen atoms in total. The maximum Gasteiger partial charge on any atom is 0.363 e. The summed E-state index contributed by atoms with van der Waals surface area (Å²) >= 11 is 0. The zero-order valence-corrected chi connectivity index (χ0v) is 7.46. The van der Waals surface area contributed by atoms with Crippen LogP contribution in [-0.2, 0) is 0 Å². The number of rotatable bonds is 4. The lowest BCUT2D eigenvalue weighted by molar-refractivity contribution is -0.389. The number of nitro groups is 1. The first-order valence-corrected chi connectivity index (χ1v) is 4.12. The van der Waals surface area contributed by atoms with Crippen molar-refractivity contribution in [1.29, 1.82) is 0 Å². The maximum atomic E-state index is 10.3. The topological polar surface area (TPSA) is 76.3 Å². The Morgan fingerprint density at radius 2 is 2.36 bits per heavy atom. The van der Waals surface area contributed by atoms with Crippen molar-refractivity contribution in [1.82, 2.24) is 4.98 Å². The van der Waals surface area contributed by atoms with Crippen LogP contribution in [0.15, 0.2) is 24.4 Å². The Kier molecular flexibility index (Phi) is 3.75. The van der Waals surface area contributed by atoms with Crippen LogP contribution >= 0.6 is 0 Å². The molecule has 0 fully saturated rings.